The molecule has 3 aromatic carbocycles. The fourth-order valence-corrected chi connectivity index (χ4v) is 6.36. The van der Waals surface area contributed by atoms with E-state index < -0.39 is 16.1 Å². The van der Waals surface area contributed by atoms with Gasteiger partial charge >= 0.3 is 0 Å². The summed E-state index contributed by atoms with van der Waals surface area (Å²) in [6.45, 7) is 1.92. The van der Waals surface area contributed by atoms with Crippen LogP contribution in [0.25, 0.3) is 10.8 Å². The average Bonchev–Trinajstić information content (AvgIpc) is 3.26. The molecule has 0 saturated heterocycles. The lowest BCUT2D eigenvalue weighted by atomic mass is 10.1. The van der Waals surface area contributed by atoms with Gasteiger partial charge in [0.2, 0.25) is 15.2 Å². The van der Waals surface area contributed by atoms with Crippen molar-refractivity contribution in [3.05, 3.63) is 83.7 Å². The molecular weight excluding hydrogens is 418 g/mol. The number of nitrogens with one attached hydrogen (secondary N) is 1. The zero-order valence-corrected chi connectivity index (χ0v) is 17.7. The van der Waals surface area contributed by atoms with E-state index in [9.17, 15) is 8.42 Å². The minimum absolute atomic E-state index is 0.238. The highest BCUT2D eigenvalue weighted by atomic mass is 32.2. The Labute approximate surface area is 178 Å². The van der Waals surface area contributed by atoms with Gasteiger partial charge in [-0.15, -0.1) is 10.2 Å². The molecule has 7 nitrogen and oxygen atoms in total. The van der Waals surface area contributed by atoms with E-state index >= 15 is 0 Å². The number of aromatic nitrogens is 3. The van der Waals surface area contributed by atoms with Crippen molar-refractivity contribution in [3.63, 3.8) is 0 Å². The molecule has 0 radical (unpaired) electrons. The second kappa shape index (κ2) is 7.12. The van der Waals surface area contributed by atoms with Gasteiger partial charge in [0, 0.05) is 0 Å². The van der Waals surface area contributed by atoms with Gasteiger partial charge in [-0.1, -0.05) is 65.9 Å². The van der Waals surface area contributed by atoms with Crippen molar-refractivity contribution in [2.45, 2.75) is 28.3 Å². The van der Waals surface area contributed by atoms with E-state index in [2.05, 4.69) is 14.9 Å². The molecule has 1 aromatic heterocycles. The molecule has 2 atom stereocenters. The van der Waals surface area contributed by atoms with Gasteiger partial charge in [0.05, 0.1) is 16.2 Å². The number of hydrogen-bond donors (Lipinski definition) is 2. The Kier molecular flexibility index (Phi) is 4.53. The van der Waals surface area contributed by atoms with Crippen LogP contribution in [0.4, 0.5) is 0 Å². The van der Waals surface area contributed by atoms with Gasteiger partial charge in [-0.25, -0.2) is 17.8 Å². The number of rotatable bonds is 5. The van der Waals surface area contributed by atoms with Crippen LogP contribution in [0.15, 0.2) is 77.0 Å². The summed E-state index contributed by atoms with van der Waals surface area (Å²) in [5, 5.41) is 10.3. The maximum Gasteiger partial charge on any atom is 0.241 e. The number of thioether (sulfide) groups is 1. The number of nitrogen functional groups attached to an aromatic ring is 1. The highest BCUT2D eigenvalue weighted by Crippen LogP contribution is 2.52. The van der Waals surface area contributed by atoms with E-state index in [0.717, 1.165) is 27.5 Å². The Balaban J connectivity index is 1.60. The summed E-state index contributed by atoms with van der Waals surface area (Å²) in [5.74, 6) is 5.93. The first kappa shape index (κ1) is 19.1. The summed E-state index contributed by atoms with van der Waals surface area (Å²) in [4.78, 5) is 0.238. The number of benzene rings is 3. The Morgan fingerprint density at radius 3 is 2.40 bits per heavy atom. The van der Waals surface area contributed by atoms with Crippen LogP contribution in [0.5, 0.6) is 0 Å². The van der Waals surface area contributed by atoms with E-state index in [4.69, 9.17) is 5.84 Å². The van der Waals surface area contributed by atoms with Crippen LogP contribution in [-0.4, -0.2) is 23.3 Å². The largest absolute Gasteiger partial charge is 0.336 e. The summed E-state index contributed by atoms with van der Waals surface area (Å²) in [6.07, 6.45) is 1.43. The third kappa shape index (κ3) is 3.15. The molecule has 0 spiro atoms. The summed E-state index contributed by atoms with van der Waals surface area (Å²) < 4.78 is 30.7. The molecule has 152 valence electrons. The second-order valence-electron chi connectivity index (χ2n) is 7.26. The summed E-state index contributed by atoms with van der Waals surface area (Å²) in [7, 11) is -3.73. The zero-order chi connectivity index (χ0) is 20.9. The van der Waals surface area contributed by atoms with Gasteiger partial charge in [0.25, 0.3) is 0 Å². The second-order valence-corrected chi connectivity index (χ2v) is 10.1. The molecule has 2 unspecified atom stereocenters. The van der Waals surface area contributed by atoms with E-state index in [1.54, 1.807) is 24.3 Å². The lowest BCUT2D eigenvalue weighted by molar-refractivity contribution is 0.557. The minimum atomic E-state index is -3.73. The van der Waals surface area contributed by atoms with E-state index in [0.29, 0.717) is 5.16 Å². The maximum absolute atomic E-state index is 13.2. The molecule has 0 saturated carbocycles. The van der Waals surface area contributed by atoms with Crippen molar-refractivity contribution in [1.29, 1.82) is 0 Å². The zero-order valence-electron chi connectivity index (χ0n) is 16.1. The number of aryl methyl sites for hydroxylation is 1. The quantitative estimate of drug-likeness (QED) is 0.464. The molecule has 3 N–H and O–H groups in total. The average molecular weight is 438 g/mol. The SMILES string of the molecule is Cc1ccc(S(=O)(=O)NC2c3cccc4cccc(c34)C2Sc2nncn2N)cc1. The normalized spacial score (nSPS) is 18.2. The fourth-order valence-electron chi connectivity index (χ4n) is 3.88. The van der Waals surface area contributed by atoms with Crippen LogP contribution in [-0.2, 0) is 10.0 Å². The highest BCUT2D eigenvalue weighted by molar-refractivity contribution is 7.99. The Hall–Kier alpha value is -2.88. The lowest BCUT2D eigenvalue weighted by Gasteiger charge is -2.22. The van der Waals surface area contributed by atoms with Crippen LogP contribution in [0.1, 0.15) is 28.0 Å². The molecule has 5 rings (SSSR count). The topological polar surface area (TPSA) is 103 Å². The van der Waals surface area contributed by atoms with Gasteiger partial charge in [-0.3, -0.25) is 0 Å². The van der Waals surface area contributed by atoms with Gasteiger partial charge in [0.15, 0.2) is 0 Å². The van der Waals surface area contributed by atoms with Crippen LogP contribution in [0, 0.1) is 6.92 Å². The maximum atomic E-state index is 13.2. The van der Waals surface area contributed by atoms with Gasteiger partial charge in [-0.05, 0) is 41.0 Å². The van der Waals surface area contributed by atoms with Gasteiger partial charge in [-0.2, -0.15) is 0 Å². The molecule has 9 heteroatoms. The van der Waals surface area contributed by atoms with Crippen LogP contribution in [0.3, 0.4) is 0 Å². The molecular formula is C21H19N5O2S2. The number of sulfonamides is 1. The van der Waals surface area contributed by atoms with Gasteiger partial charge < -0.3 is 5.84 Å². The fraction of sp³-hybridized carbons (Fsp3) is 0.143. The third-order valence-corrected chi connectivity index (χ3v) is 8.04. The van der Waals surface area contributed by atoms with Crippen molar-refractivity contribution < 1.29 is 8.42 Å². The van der Waals surface area contributed by atoms with E-state index in [1.807, 2.05) is 43.3 Å². The van der Waals surface area contributed by atoms with E-state index in [-0.39, 0.29) is 10.1 Å². The molecule has 1 aliphatic carbocycles. The molecule has 1 heterocycles. The van der Waals surface area contributed by atoms with Crippen molar-refractivity contribution >= 4 is 32.6 Å². The first-order valence-electron chi connectivity index (χ1n) is 9.36. The first-order chi connectivity index (χ1) is 14.4. The Morgan fingerprint density at radius 1 is 1.03 bits per heavy atom. The molecule has 0 amide bonds. The van der Waals surface area contributed by atoms with Crippen molar-refractivity contribution in [2.24, 2.45) is 0 Å². The highest BCUT2D eigenvalue weighted by Gasteiger charge is 2.38. The van der Waals surface area contributed by atoms with Crippen molar-refractivity contribution in [1.82, 2.24) is 19.6 Å². The molecule has 0 bridgehead atoms. The lowest BCUT2D eigenvalue weighted by Crippen LogP contribution is -2.30. The van der Waals surface area contributed by atoms with E-state index in [1.165, 1.54) is 22.8 Å². The molecule has 0 aliphatic heterocycles. The first-order valence-corrected chi connectivity index (χ1v) is 11.7. The Bertz CT molecular complexity index is 1340. The molecule has 0 fully saturated rings. The number of nitrogens with zero attached hydrogens (tertiary/aromatic N) is 3. The van der Waals surface area contributed by atoms with Crippen molar-refractivity contribution in [2.75, 3.05) is 5.84 Å². The molecule has 4 aromatic rings. The summed E-state index contributed by atoms with van der Waals surface area (Å²) in [6, 6.07) is 18.4. The van der Waals surface area contributed by atoms with Crippen molar-refractivity contribution in [3.8, 4) is 0 Å². The summed E-state index contributed by atoms with van der Waals surface area (Å²) in [5.41, 5.74) is 3.00. The van der Waals surface area contributed by atoms with Crippen LogP contribution < -0.4 is 10.6 Å². The third-order valence-electron chi connectivity index (χ3n) is 5.30. The minimum Gasteiger partial charge on any atom is -0.336 e. The predicted octanol–water partition coefficient (Wildman–Crippen LogP) is 3.32. The van der Waals surface area contributed by atoms with Gasteiger partial charge in [0.1, 0.15) is 6.33 Å². The number of hydrogen-bond acceptors (Lipinski definition) is 6. The van der Waals surface area contributed by atoms with Crippen LogP contribution >= 0.6 is 11.8 Å². The molecule has 1 aliphatic rings. The monoisotopic (exact) mass is 437 g/mol. The Morgan fingerprint density at radius 2 is 1.73 bits per heavy atom. The summed E-state index contributed by atoms with van der Waals surface area (Å²) >= 11 is 1.40. The molecule has 30 heavy (non-hydrogen) atoms. The standard InChI is InChI=1S/C21H19N5O2S2/c1-13-8-10-15(11-9-13)30(27,28)25-19-16-6-2-4-14-5-3-7-17(18(14)16)20(19)29-21-24-23-12-26(21)22/h2-12,19-20,25H,22H2,1H3. The predicted molar refractivity (Wildman–Crippen MR) is 117 cm³/mol. The smallest absolute Gasteiger partial charge is 0.241 e. The van der Waals surface area contributed by atoms with Crippen LogP contribution in [0.2, 0.25) is 0 Å². The number of nitrogens with two attached hydrogens (primary N) is 1.